The lowest BCUT2D eigenvalue weighted by Crippen LogP contribution is -2.45. The highest BCUT2D eigenvalue weighted by Crippen LogP contribution is 2.39. The summed E-state index contributed by atoms with van der Waals surface area (Å²) in [5.41, 5.74) is 1.16. The number of fused-ring (bicyclic) bond motifs is 2. The molecular weight excluding hydrogens is 288 g/mol. The molecule has 0 bridgehead atoms. The molecule has 0 aliphatic carbocycles. The van der Waals surface area contributed by atoms with Gasteiger partial charge in [-0.1, -0.05) is 11.6 Å². The summed E-state index contributed by atoms with van der Waals surface area (Å²) in [7, 11) is 0. The zero-order valence-electron chi connectivity index (χ0n) is 12.1. The van der Waals surface area contributed by atoms with E-state index >= 15 is 0 Å². The number of nitrogens with one attached hydrogen (secondary N) is 1. The van der Waals surface area contributed by atoms with Gasteiger partial charge in [0, 0.05) is 18.6 Å². The van der Waals surface area contributed by atoms with Gasteiger partial charge in [-0.25, -0.2) is 0 Å². The van der Waals surface area contributed by atoms with Crippen molar-refractivity contribution >= 4 is 11.6 Å². The first-order chi connectivity index (χ1) is 10.3. The first-order valence-electron chi connectivity index (χ1n) is 7.85. The average Bonchev–Trinajstić information content (AvgIpc) is 3.13. The smallest absolute Gasteiger partial charge is 0.231 e. The first-order valence-corrected chi connectivity index (χ1v) is 8.23. The van der Waals surface area contributed by atoms with Crippen molar-refractivity contribution in [1.82, 2.24) is 10.2 Å². The maximum Gasteiger partial charge on any atom is 0.231 e. The third-order valence-corrected chi connectivity index (χ3v) is 5.18. The predicted octanol–water partition coefficient (Wildman–Crippen LogP) is 2.79. The van der Waals surface area contributed by atoms with Crippen LogP contribution >= 0.6 is 11.6 Å². The van der Waals surface area contributed by atoms with Crippen LogP contribution in [-0.4, -0.2) is 36.9 Å². The molecule has 2 unspecified atom stereocenters. The van der Waals surface area contributed by atoms with E-state index in [1.54, 1.807) is 0 Å². The van der Waals surface area contributed by atoms with E-state index in [1.807, 2.05) is 12.1 Å². The number of hydrogen-bond donors (Lipinski definition) is 1. The molecule has 1 aromatic rings. The second kappa shape index (κ2) is 5.67. The standard InChI is InChI=1S/C16H21ClN2O2/c17-14-6-11(7-15-16(14)21-10-20-15)9-18-12-3-5-19-4-1-2-13(19)8-12/h6-7,12-13,18H,1-5,8-10H2. The van der Waals surface area contributed by atoms with E-state index < -0.39 is 0 Å². The van der Waals surface area contributed by atoms with Crippen LogP contribution in [0.4, 0.5) is 0 Å². The minimum atomic E-state index is 0.270. The molecule has 3 aliphatic heterocycles. The zero-order chi connectivity index (χ0) is 14.2. The van der Waals surface area contributed by atoms with Crippen molar-refractivity contribution in [3.63, 3.8) is 0 Å². The summed E-state index contributed by atoms with van der Waals surface area (Å²) < 4.78 is 10.8. The van der Waals surface area contributed by atoms with Crippen molar-refractivity contribution in [1.29, 1.82) is 0 Å². The lowest BCUT2D eigenvalue weighted by Gasteiger charge is -2.35. The SMILES string of the molecule is Clc1cc(CNC2CCN3CCCC3C2)cc2c1OCO2. The third-order valence-electron chi connectivity index (χ3n) is 4.90. The topological polar surface area (TPSA) is 33.7 Å². The Hall–Kier alpha value is -0.970. The third kappa shape index (κ3) is 2.72. The summed E-state index contributed by atoms with van der Waals surface area (Å²) in [4.78, 5) is 2.65. The number of nitrogens with zero attached hydrogens (tertiary/aromatic N) is 1. The van der Waals surface area contributed by atoms with Gasteiger partial charge >= 0.3 is 0 Å². The van der Waals surface area contributed by atoms with Gasteiger partial charge in [0.25, 0.3) is 0 Å². The molecule has 21 heavy (non-hydrogen) atoms. The van der Waals surface area contributed by atoms with Crippen molar-refractivity contribution in [3.05, 3.63) is 22.7 Å². The van der Waals surface area contributed by atoms with E-state index in [4.69, 9.17) is 21.1 Å². The van der Waals surface area contributed by atoms with Crippen LogP contribution in [0.3, 0.4) is 0 Å². The minimum absolute atomic E-state index is 0.270. The molecule has 0 amide bonds. The number of rotatable bonds is 3. The minimum Gasteiger partial charge on any atom is -0.454 e. The van der Waals surface area contributed by atoms with Crippen LogP contribution in [0, 0.1) is 0 Å². The van der Waals surface area contributed by atoms with Crippen molar-refractivity contribution in [2.45, 2.75) is 44.3 Å². The maximum absolute atomic E-state index is 6.23. The lowest BCUT2D eigenvalue weighted by atomic mass is 9.97. The van der Waals surface area contributed by atoms with Crippen LogP contribution in [0.15, 0.2) is 12.1 Å². The van der Waals surface area contributed by atoms with Crippen LogP contribution in [0.5, 0.6) is 11.5 Å². The first kappa shape index (κ1) is 13.7. The largest absolute Gasteiger partial charge is 0.454 e. The van der Waals surface area contributed by atoms with E-state index in [0.29, 0.717) is 16.8 Å². The molecule has 0 saturated carbocycles. The van der Waals surface area contributed by atoms with Crippen molar-refractivity contribution < 1.29 is 9.47 Å². The number of benzene rings is 1. The van der Waals surface area contributed by atoms with E-state index in [-0.39, 0.29) is 6.79 Å². The summed E-state index contributed by atoms with van der Waals surface area (Å²) in [5, 5.41) is 4.33. The van der Waals surface area contributed by atoms with Gasteiger partial charge in [0.05, 0.1) is 5.02 Å². The molecule has 1 aromatic carbocycles. The highest BCUT2D eigenvalue weighted by molar-refractivity contribution is 6.32. The molecule has 2 saturated heterocycles. The van der Waals surface area contributed by atoms with Crippen LogP contribution in [0.1, 0.15) is 31.2 Å². The summed E-state index contributed by atoms with van der Waals surface area (Å²) >= 11 is 6.23. The number of halogens is 1. The number of piperidine rings is 1. The molecule has 3 heterocycles. The van der Waals surface area contributed by atoms with Gasteiger partial charge in [0.1, 0.15) is 0 Å². The lowest BCUT2D eigenvalue weighted by molar-refractivity contribution is 0.166. The van der Waals surface area contributed by atoms with E-state index in [2.05, 4.69) is 10.2 Å². The summed E-state index contributed by atoms with van der Waals surface area (Å²) in [6.07, 6.45) is 5.26. The highest BCUT2D eigenvalue weighted by Gasteiger charge is 2.31. The fraction of sp³-hybridized carbons (Fsp3) is 0.625. The Kier molecular flexibility index (Phi) is 3.69. The van der Waals surface area contributed by atoms with E-state index in [1.165, 1.54) is 38.8 Å². The van der Waals surface area contributed by atoms with Gasteiger partial charge in [-0.05, 0) is 56.5 Å². The van der Waals surface area contributed by atoms with Crippen molar-refractivity contribution in [2.24, 2.45) is 0 Å². The molecule has 5 heteroatoms. The molecule has 4 rings (SSSR count). The summed E-state index contributed by atoms with van der Waals surface area (Å²) in [6.45, 7) is 3.65. The Morgan fingerprint density at radius 1 is 1.24 bits per heavy atom. The Morgan fingerprint density at radius 3 is 3.14 bits per heavy atom. The Balaban J connectivity index is 1.38. The molecule has 0 spiro atoms. The Bertz CT molecular complexity index is 537. The van der Waals surface area contributed by atoms with Gasteiger partial charge in [-0.2, -0.15) is 0 Å². The number of ether oxygens (including phenoxy) is 2. The average molecular weight is 309 g/mol. The van der Waals surface area contributed by atoms with Crippen LogP contribution < -0.4 is 14.8 Å². The molecule has 2 fully saturated rings. The van der Waals surface area contributed by atoms with Crippen LogP contribution in [0.25, 0.3) is 0 Å². The van der Waals surface area contributed by atoms with Gasteiger partial charge in [0.2, 0.25) is 6.79 Å². The van der Waals surface area contributed by atoms with Gasteiger partial charge < -0.3 is 19.7 Å². The van der Waals surface area contributed by atoms with E-state index in [9.17, 15) is 0 Å². The molecule has 2 atom stereocenters. The van der Waals surface area contributed by atoms with Gasteiger partial charge in [-0.3, -0.25) is 0 Å². The molecule has 3 aliphatic rings. The molecule has 0 radical (unpaired) electrons. The van der Waals surface area contributed by atoms with E-state index in [0.717, 1.165) is 23.9 Å². The molecule has 4 nitrogen and oxygen atoms in total. The van der Waals surface area contributed by atoms with Crippen LogP contribution in [-0.2, 0) is 6.54 Å². The molecule has 0 aromatic heterocycles. The fourth-order valence-electron chi connectivity index (χ4n) is 3.79. The molecule has 114 valence electrons. The van der Waals surface area contributed by atoms with Crippen molar-refractivity contribution in [2.75, 3.05) is 19.9 Å². The Morgan fingerprint density at radius 2 is 2.19 bits per heavy atom. The summed E-state index contributed by atoms with van der Waals surface area (Å²) in [6, 6.07) is 5.43. The van der Waals surface area contributed by atoms with Crippen molar-refractivity contribution in [3.8, 4) is 11.5 Å². The normalized spacial score (nSPS) is 27.9. The second-order valence-corrected chi connectivity index (χ2v) is 6.65. The van der Waals surface area contributed by atoms with Gasteiger partial charge in [-0.15, -0.1) is 0 Å². The molecule has 1 N–H and O–H groups in total. The van der Waals surface area contributed by atoms with Crippen LogP contribution in [0.2, 0.25) is 5.02 Å². The fourth-order valence-corrected chi connectivity index (χ4v) is 4.08. The molecular formula is C16H21ClN2O2. The van der Waals surface area contributed by atoms with Gasteiger partial charge in [0.15, 0.2) is 11.5 Å². The number of hydrogen-bond acceptors (Lipinski definition) is 4. The maximum atomic E-state index is 6.23. The predicted molar refractivity (Wildman–Crippen MR) is 82.0 cm³/mol. The zero-order valence-corrected chi connectivity index (χ0v) is 12.9. The quantitative estimate of drug-likeness (QED) is 0.931. The monoisotopic (exact) mass is 308 g/mol. The summed E-state index contributed by atoms with van der Waals surface area (Å²) in [5.74, 6) is 1.45. The Labute approximate surface area is 130 Å². The second-order valence-electron chi connectivity index (χ2n) is 6.25. The highest BCUT2D eigenvalue weighted by atomic mass is 35.5.